The van der Waals surface area contributed by atoms with Crippen LogP contribution in [0.15, 0.2) is 24.3 Å². The summed E-state index contributed by atoms with van der Waals surface area (Å²) in [6.07, 6.45) is 1.14. The van der Waals surface area contributed by atoms with Gasteiger partial charge in [0.2, 0.25) is 11.7 Å². The van der Waals surface area contributed by atoms with E-state index in [1.54, 1.807) is 31.2 Å². The van der Waals surface area contributed by atoms with E-state index in [1.807, 2.05) is 6.92 Å². The SMILES string of the molecule is CCCCC1OC2(C)OC(=N)C(C#N)(C2c2ccccc2OC)C1(C#N)C#N. The average Bonchev–Trinajstić information content (AvgIpc) is 2.89. The van der Waals surface area contributed by atoms with Gasteiger partial charge in [-0.05, 0) is 12.5 Å². The molecule has 0 aromatic heterocycles. The van der Waals surface area contributed by atoms with Gasteiger partial charge in [-0.15, -0.1) is 0 Å². The summed E-state index contributed by atoms with van der Waals surface area (Å²) in [4.78, 5) is 0. The summed E-state index contributed by atoms with van der Waals surface area (Å²) in [7, 11) is 1.50. The third kappa shape index (κ3) is 2.25. The maximum absolute atomic E-state index is 10.3. The number of unbranched alkanes of at least 4 members (excludes halogenated alkanes) is 1. The van der Waals surface area contributed by atoms with Gasteiger partial charge in [-0.3, -0.25) is 5.41 Å². The molecule has 2 fully saturated rings. The summed E-state index contributed by atoms with van der Waals surface area (Å²) in [5, 5.41) is 39.1. The third-order valence-electron chi connectivity index (χ3n) is 5.90. The first kappa shape index (κ1) is 19.7. The molecular weight excluding hydrogens is 356 g/mol. The highest BCUT2D eigenvalue weighted by Gasteiger charge is 2.79. The Bertz CT molecular complexity index is 911. The van der Waals surface area contributed by atoms with Crippen LogP contribution in [0.4, 0.5) is 0 Å². The van der Waals surface area contributed by atoms with Gasteiger partial charge in [0.05, 0.1) is 37.3 Å². The van der Waals surface area contributed by atoms with E-state index in [9.17, 15) is 15.8 Å². The normalized spacial score (nSPS) is 32.5. The number of benzene rings is 1. The summed E-state index contributed by atoms with van der Waals surface area (Å²) in [6.45, 7) is 3.66. The van der Waals surface area contributed by atoms with Crippen molar-refractivity contribution in [3.63, 3.8) is 0 Å². The lowest BCUT2D eigenvalue weighted by Gasteiger charge is -2.49. The monoisotopic (exact) mass is 378 g/mol. The quantitative estimate of drug-likeness (QED) is 0.834. The van der Waals surface area contributed by atoms with Crippen molar-refractivity contribution in [3.8, 4) is 24.0 Å². The molecule has 2 aliphatic heterocycles. The van der Waals surface area contributed by atoms with Crippen LogP contribution in [0.5, 0.6) is 5.75 Å². The molecule has 2 saturated heterocycles. The zero-order chi connectivity index (χ0) is 20.6. The number of hydrogen-bond acceptors (Lipinski definition) is 7. The van der Waals surface area contributed by atoms with Crippen LogP contribution in [-0.4, -0.2) is 24.9 Å². The van der Waals surface area contributed by atoms with Crippen molar-refractivity contribution in [1.82, 2.24) is 0 Å². The second kappa shape index (κ2) is 6.82. The van der Waals surface area contributed by atoms with E-state index >= 15 is 0 Å². The predicted molar refractivity (Wildman–Crippen MR) is 99.1 cm³/mol. The number of rotatable bonds is 5. The molecule has 7 nitrogen and oxygen atoms in total. The summed E-state index contributed by atoms with van der Waals surface area (Å²) < 4.78 is 17.5. The molecule has 1 aromatic rings. The van der Waals surface area contributed by atoms with Crippen molar-refractivity contribution in [2.24, 2.45) is 10.8 Å². The molecule has 4 unspecified atom stereocenters. The molecule has 2 aliphatic rings. The van der Waals surface area contributed by atoms with Crippen molar-refractivity contribution in [1.29, 1.82) is 21.2 Å². The molecule has 2 bridgehead atoms. The lowest BCUT2D eigenvalue weighted by Crippen LogP contribution is -2.60. The summed E-state index contributed by atoms with van der Waals surface area (Å²) in [6, 6.07) is 13.3. The summed E-state index contributed by atoms with van der Waals surface area (Å²) in [5.74, 6) is -2.16. The average molecular weight is 378 g/mol. The number of fused-ring (bicyclic) bond motifs is 2. The molecule has 0 amide bonds. The second-order valence-corrected chi connectivity index (χ2v) is 7.32. The van der Waals surface area contributed by atoms with E-state index in [0.29, 0.717) is 17.7 Å². The molecule has 1 N–H and O–H groups in total. The Labute approximate surface area is 164 Å². The van der Waals surface area contributed by atoms with Gasteiger partial charge in [-0.1, -0.05) is 38.0 Å². The smallest absolute Gasteiger partial charge is 0.218 e. The third-order valence-corrected chi connectivity index (χ3v) is 5.90. The van der Waals surface area contributed by atoms with Crippen LogP contribution in [0.2, 0.25) is 0 Å². The fourth-order valence-corrected chi connectivity index (χ4v) is 4.62. The Morgan fingerprint density at radius 2 is 1.86 bits per heavy atom. The van der Waals surface area contributed by atoms with Gasteiger partial charge < -0.3 is 14.2 Å². The molecule has 7 heteroatoms. The van der Waals surface area contributed by atoms with E-state index in [2.05, 4.69) is 18.2 Å². The maximum atomic E-state index is 10.3. The van der Waals surface area contributed by atoms with Crippen LogP contribution in [0, 0.1) is 50.2 Å². The molecule has 0 aliphatic carbocycles. The minimum Gasteiger partial charge on any atom is -0.496 e. The van der Waals surface area contributed by atoms with E-state index in [4.69, 9.17) is 19.6 Å². The first-order valence-electron chi connectivity index (χ1n) is 9.23. The Morgan fingerprint density at radius 3 is 2.43 bits per heavy atom. The molecule has 0 saturated carbocycles. The largest absolute Gasteiger partial charge is 0.496 e. The number of nitriles is 3. The molecule has 2 heterocycles. The Kier molecular flexibility index (Phi) is 4.79. The molecule has 1 aromatic carbocycles. The first-order valence-corrected chi connectivity index (χ1v) is 9.23. The zero-order valence-electron chi connectivity index (χ0n) is 16.2. The van der Waals surface area contributed by atoms with Gasteiger partial charge in [0, 0.05) is 12.5 Å². The zero-order valence-corrected chi connectivity index (χ0v) is 16.2. The predicted octanol–water partition coefficient (Wildman–Crippen LogP) is 3.64. The highest BCUT2D eigenvalue weighted by molar-refractivity contribution is 5.90. The Hall–Kier alpha value is -3.08. The van der Waals surface area contributed by atoms with Gasteiger partial charge in [0.15, 0.2) is 10.8 Å². The lowest BCUT2D eigenvalue weighted by molar-refractivity contribution is -0.252. The van der Waals surface area contributed by atoms with E-state index in [-0.39, 0.29) is 0 Å². The van der Waals surface area contributed by atoms with E-state index < -0.39 is 34.5 Å². The fraction of sp³-hybridized carbons (Fsp3) is 0.524. The van der Waals surface area contributed by atoms with Crippen LogP contribution in [0.3, 0.4) is 0 Å². The fourth-order valence-electron chi connectivity index (χ4n) is 4.62. The molecular formula is C21H22N4O3. The van der Waals surface area contributed by atoms with Crippen molar-refractivity contribution in [3.05, 3.63) is 29.8 Å². The number of nitrogens with one attached hydrogen (secondary N) is 1. The van der Waals surface area contributed by atoms with Crippen LogP contribution in [0.25, 0.3) is 0 Å². The van der Waals surface area contributed by atoms with Gasteiger partial charge >= 0.3 is 0 Å². The molecule has 144 valence electrons. The summed E-state index contributed by atoms with van der Waals surface area (Å²) >= 11 is 0. The van der Waals surface area contributed by atoms with Crippen LogP contribution in [0.1, 0.15) is 44.6 Å². The van der Waals surface area contributed by atoms with Gasteiger partial charge in [0.1, 0.15) is 5.75 Å². The minimum absolute atomic E-state index is 0.407. The molecule has 0 radical (unpaired) electrons. The molecule has 28 heavy (non-hydrogen) atoms. The highest BCUT2D eigenvalue weighted by atomic mass is 16.7. The van der Waals surface area contributed by atoms with E-state index in [0.717, 1.165) is 12.8 Å². The topological polar surface area (TPSA) is 123 Å². The van der Waals surface area contributed by atoms with E-state index in [1.165, 1.54) is 7.11 Å². The van der Waals surface area contributed by atoms with Crippen molar-refractivity contribution in [2.45, 2.75) is 50.9 Å². The van der Waals surface area contributed by atoms with Gasteiger partial charge in [0.25, 0.3) is 0 Å². The van der Waals surface area contributed by atoms with Crippen molar-refractivity contribution >= 4 is 5.90 Å². The van der Waals surface area contributed by atoms with Crippen LogP contribution < -0.4 is 4.74 Å². The number of nitrogens with zero attached hydrogens (tertiary/aromatic N) is 3. The number of ether oxygens (including phenoxy) is 3. The molecule has 0 spiro atoms. The van der Waals surface area contributed by atoms with Crippen LogP contribution >= 0.6 is 0 Å². The maximum Gasteiger partial charge on any atom is 0.218 e. The van der Waals surface area contributed by atoms with Crippen molar-refractivity contribution < 1.29 is 14.2 Å². The lowest BCUT2D eigenvalue weighted by atomic mass is 9.52. The molecule has 3 rings (SSSR count). The second-order valence-electron chi connectivity index (χ2n) is 7.32. The minimum atomic E-state index is -1.88. The van der Waals surface area contributed by atoms with Gasteiger partial charge in [-0.2, -0.15) is 15.8 Å². The number of para-hydroxylation sites is 1. The molecule has 4 atom stereocenters. The number of hydrogen-bond donors (Lipinski definition) is 1. The van der Waals surface area contributed by atoms with Crippen LogP contribution in [-0.2, 0) is 9.47 Å². The number of methoxy groups -OCH3 is 1. The first-order chi connectivity index (χ1) is 13.4. The van der Waals surface area contributed by atoms with Gasteiger partial charge in [-0.25, -0.2) is 0 Å². The Morgan fingerprint density at radius 1 is 1.18 bits per heavy atom. The summed E-state index contributed by atoms with van der Waals surface area (Å²) in [5.41, 5.74) is -3.12. The highest BCUT2D eigenvalue weighted by Crippen LogP contribution is 2.67. The van der Waals surface area contributed by atoms with Crippen molar-refractivity contribution in [2.75, 3.05) is 7.11 Å². The Balaban J connectivity index is 2.33. The standard InChI is InChI=1S/C21H22N4O3/c1-4-5-10-16-20(11-22,12-23)21(13-24)17(19(2,27-16)28-18(21)25)14-8-6-7-9-15(14)26-3/h6-9,16-17,25H,4-5,10H2,1-3H3.